The second-order valence-corrected chi connectivity index (χ2v) is 5.69. The van der Waals surface area contributed by atoms with E-state index in [4.69, 9.17) is 11.5 Å². The number of anilines is 3. The summed E-state index contributed by atoms with van der Waals surface area (Å²) >= 11 is 0. The van der Waals surface area contributed by atoms with E-state index in [1.807, 2.05) is 42.5 Å². The van der Waals surface area contributed by atoms with Gasteiger partial charge in [0, 0.05) is 24.2 Å². The molecule has 0 spiro atoms. The van der Waals surface area contributed by atoms with Crippen LogP contribution in [0, 0.1) is 10.1 Å². The number of non-ortho nitro benzene ring substituents is 1. The van der Waals surface area contributed by atoms with E-state index < -0.39 is 4.92 Å². The zero-order valence-corrected chi connectivity index (χ0v) is 14.4. The van der Waals surface area contributed by atoms with Crippen LogP contribution >= 0.6 is 0 Å². The minimum Gasteiger partial charge on any atom is -0.382 e. The van der Waals surface area contributed by atoms with Gasteiger partial charge in [0.1, 0.15) is 11.4 Å². The summed E-state index contributed by atoms with van der Waals surface area (Å²) in [6.45, 7) is 0.467. The van der Waals surface area contributed by atoms with Crippen LogP contribution in [0.25, 0.3) is 17.3 Å². The van der Waals surface area contributed by atoms with Crippen LogP contribution in [0.1, 0.15) is 5.56 Å². The maximum Gasteiger partial charge on any atom is 0.269 e. The van der Waals surface area contributed by atoms with Crippen LogP contribution in [-0.4, -0.2) is 21.4 Å². The summed E-state index contributed by atoms with van der Waals surface area (Å²) < 4.78 is 0. The van der Waals surface area contributed by atoms with Crippen molar-refractivity contribution in [3.8, 4) is 11.3 Å². The van der Waals surface area contributed by atoms with Crippen molar-refractivity contribution in [3.63, 3.8) is 0 Å². The van der Waals surface area contributed by atoms with Gasteiger partial charge < -0.3 is 16.8 Å². The quantitative estimate of drug-likeness (QED) is 0.452. The summed E-state index contributed by atoms with van der Waals surface area (Å²) in [5, 5.41) is 13.9. The van der Waals surface area contributed by atoms with E-state index in [0.717, 1.165) is 11.1 Å². The number of nitro groups is 1. The van der Waals surface area contributed by atoms with Crippen molar-refractivity contribution >= 4 is 29.2 Å². The van der Waals surface area contributed by atoms with Crippen molar-refractivity contribution in [2.75, 3.05) is 23.3 Å². The Hall–Kier alpha value is -3.94. The molecule has 5 N–H and O–H groups in total. The molecule has 3 rings (SSSR count). The van der Waals surface area contributed by atoms with Crippen LogP contribution in [0.15, 0.2) is 60.7 Å². The lowest BCUT2D eigenvalue weighted by Gasteiger charge is -2.13. The van der Waals surface area contributed by atoms with Crippen molar-refractivity contribution in [1.82, 2.24) is 9.97 Å². The first-order valence-corrected chi connectivity index (χ1v) is 8.18. The van der Waals surface area contributed by atoms with Crippen molar-refractivity contribution in [2.24, 2.45) is 0 Å². The monoisotopic (exact) mass is 362 g/mol. The van der Waals surface area contributed by atoms with Crippen molar-refractivity contribution in [3.05, 3.63) is 76.4 Å². The Morgan fingerprint density at radius 2 is 1.74 bits per heavy atom. The summed E-state index contributed by atoms with van der Waals surface area (Å²) in [5.74, 6) is 0.378. The highest BCUT2D eigenvalue weighted by molar-refractivity contribution is 5.82. The fourth-order valence-corrected chi connectivity index (χ4v) is 2.54. The molecule has 2 aromatic carbocycles. The predicted octanol–water partition coefficient (Wildman–Crippen LogP) is 3.34. The number of nitrogens with one attached hydrogen (secondary N) is 1. The first kappa shape index (κ1) is 17.9. The molecule has 0 saturated carbocycles. The first-order chi connectivity index (χ1) is 13.0. The molecule has 0 fully saturated rings. The SMILES string of the molecule is Nc1nc(N)c(NCC=Cc2ccc([N+](=O)[O-])cc2)c(-c2ccccc2)n1. The van der Waals surface area contributed by atoms with E-state index in [1.165, 1.54) is 12.1 Å². The van der Waals surface area contributed by atoms with Gasteiger partial charge in [-0.05, 0) is 17.7 Å². The zero-order chi connectivity index (χ0) is 19.2. The summed E-state index contributed by atoms with van der Waals surface area (Å²) in [4.78, 5) is 18.6. The van der Waals surface area contributed by atoms with Crippen LogP contribution in [0.2, 0.25) is 0 Å². The van der Waals surface area contributed by atoms with Crippen LogP contribution in [0.4, 0.5) is 23.1 Å². The Kier molecular flexibility index (Phi) is 5.27. The molecular formula is C19H18N6O2. The minimum atomic E-state index is -0.427. The fourth-order valence-electron chi connectivity index (χ4n) is 2.54. The van der Waals surface area contributed by atoms with Crippen molar-refractivity contribution < 1.29 is 4.92 Å². The molecular weight excluding hydrogens is 344 g/mol. The molecule has 0 radical (unpaired) electrons. The van der Waals surface area contributed by atoms with Crippen LogP contribution in [-0.2, 0) is 0 Å². The number of nitrogens with two attached hydrogens (primary N) is 2. The molecule has 27 heavy (non-hydrogen) atoms. The molecule has 0 aliphatic carbocycles. The normalized spacial score (nSPS) is 10.8. The molecule has 0 bridgehead atoms. The van der Waals surface area contributed by atoms with Gasteiger partial charge in [-0.3, -0.25) is 10.1 Å². The summed E-state index contributed by atoms with van der Waals surface area (Å²) in [6.07, 6.45) is 3.74. The van der Waals surface area contributed by atoms with Gasteiger partial charge in [0.05, 0.1) is 4.92 Å². The van der Waals surface area contributed by atoms with E-state index >= 15 is 0 Å². The Labute approximate surface area is 155 Å². The summed E-state index contributed by atoms with van der Waals surface area (Å²) in [5.41, 5.74) is 14.8. The number of rotatable bonds is 6. The lowest BCUT2D eigenvalue weighted by molar-refractivity contribution is -0.384. The molecule has 136 valence electrons. The van der Waals surface area contributed by atoms with E-state index in [-0.39, 0.29) is 17.5 Å². The fraction of sp³-hybridized carbons (Fsp3) is 0.0526. The lowest BCUT2D eigenvalue weighted by Crippen LogP contribution is -2.09. The largest absolute Gasteiger partial charge is 0.382 e. The van der Waals surface area contributed by atoms with E-state index in [0.29, 0.717) is 17.9 Å². The van der Waals surface area contributed by atoms with E-state index in [2.05, 4.69) is 15.3 Å². The number of hydrogen-bond donors (Lipinski definition) is 3. The molecule has 1 aromatic heterocycles. The molecule has 0 aliphatic rings. The van der Waals surface area contributed by atoms with E-state index in [1.54, 1.807) is 12.1 Å². The van der Waals surface area contributed by atoms with Gasteiger partial charge in [0.25, 0.3) is 5.69 Å². The number of benzene rings is 2. The predicted molar refractivity (Wildman–Crippen MR) is 107 cm³/mol. The average molecular weight is 362 g/mol. The molecule has 0 unspecified atom stereocenters. The Balaban J connectivity index is 1.75. The topological polar surface area (TPSA) is 133 Å². The Morgan fingerprint density at radius 3 is 2.41 bits per heavy atom. The van der Waals surface area contributed by atoms with Gasteiger partial charge in [-0.15, -0.1) is 0 Å². The molecule has 0 amide bonds. The van der Waals surface area contributed by atoms with Gasteiger partial charge in [-0.1, -0.05) is 42.5 Å². The van der Waals surface area contributed by atoms with Crippen LogP contribution in [0.3, 0.4) is 0 Å². The number of aromatic nitrogens is 2. The van der Waals surface area contributed by atoms with Gasteiger partial charge >= 0.3 is 0 Å². The standard InChI is InChI=1S/C19H18N6O2/c20-18-17(16(23-19(21)24-18)14-6-2-1-3-7-14)22-12-4-5-13-8-10-15(11-9-13)25(26)27/h1-11,22H,12H2,(H4,20,21,23,24). The average Bonchev–Trinajstić information content (AvgIpc) is 2.67. The molecule has 8 heteroatoms. The van der Waals surface area contributed by atoms with Gasteiger partial charge in [-0.25, -0.2) is 4.98 Å². The Morgan fingerprint density at radius 1 is 1.04 bits per heavy atom. The number of hydrogen-bond acceptors (Lipinski definition) is 7. The number of nitrogen functional groups attached to an aromatic ring is 2. The molecule has 8 nitrogen and oxygen atoms in total. The number of nitro benzene ring substituents is 1. The second kappa shape index (κ2) is 7.96. The summed E-state index contributed by atoms with van der Waals surface area (Å²) in [7, 11) is 0. The zero-order valence-electron chi connectivity index (χ0n) is 14.4. The maximum atomic E-state index is 10.7. The van der Waals surface area contributed by atoms with Gasteiger partial charge in [0.2, 0.25) is 5.95 Å². The van der Waals surface area contributed by atoms with Crippen molar-refractivity contribution in [2.45, 2.75) is 0 Å². The smallest absolute Gasteiger partial charge is 0.269 e. The van der Waals surface area contributed by atoms with Crippen LogP contribution in [0.5, 0.6) is 0 Å². The first-order valence-electron chi connectivity index (χ1n) is 8.18. The van der Waals surface area contributed by atoms with Crippen LogP contribution < -0.4 is 16.8 Å². The number of nitrogens with zero attached hydrogens (tertiary/aromatic N) is 3. The molecule has 0 saturated heterocycles. The van der Waals surface area contributed by atoms with Gasteiger partial charge in [-0.2, -0.15) is 4.98 Å². The van der Waals surface area contributed by atoms with Crippen molar-refractivity contribution in [1.29, 1.82) is 0 Å². The minimum absolute atomic E-state index is 0.0598. The highest BCUT2D eigenvalue weighted by Gasteiger charge is 2.12. The summed E-state index contributed by atoms with van der Waals surface area (Å²) in [6, 6.07) is 15.9. The Bertz CT molecular complexity index is 971. The van der Waals surface area contributed by atoms with E-state index in [9.17, 15) is 10.1 Å². The molecule has 1 heterocycles. The lowest BCUT2D eigenvalue weighted by atomic mass is 10.1. The third kappa shape index (κ3) is 4.37. The third-order valence-corrected chi connectivity index (χ3v) is 3.81. The molecule has 0 aliphatic heterocycles. The highest BCUT2D eigenvalue weighted by atomic mass is 16.6. The second-order valence-electron chi connectivity index (χ2n) is 5.69. The maximum absolute atomic E-state index is 10.7. The molecule has 0 atom stereocenters. The third-order valence-electron chi connectivity index (χ3n) is 3.81. The highest BCUT2D eigenvalue weighted by Crippen LogP contribution is 2.30. The molecule has 3 aromatic rings. The van der Waals surface area contributed by atoms with Gasteiger partial charge in [0.15, 0.2) is 5.82 Å².